The summed E-state index contributed by atoms with van der Waals surface area (Å²) >= 11 is 6.26. The van der Waals surface area contributed by atoms with Crippen LogP contribution in [0.15, 0.2) is 76.2 Å². The van der Waals surface area contributed by atoms with Crippen LogP contribution in [0, 0.1) is 0 Å². The van der Waals surface area contributed by atoms with Gasteiger partial charge in [0.2, 0.25) is 0 Å². The van der Waals surface area contributed by atoms with Crippen molar-refractivity contribution in [3.05, 3.63) is 88.0 Å². The standard InChI is InChI=1S/C21H15ClN2O3.2ClH/c22-18-9-16-15(13-5-2-1-3-6-13)10-19(25)27-21(16)17(20(18)26)12-24-14-7-4-8-23-11-14;;/h1-11,24,26H,12H2;2*1H. The van der Waals surface area contributed by atoms with Crippen molar-refractivity contribution in [2.24, 2.45) is 0 Å². The molecule has 0 radical (unpaired) electrons. The van der Waals surface area contributed by atoms with E-state index < -0.39 is 5.63 Å². The van der Waals surface area contributed by atoms with Gasteiger partial charge in [-0.2, -0.15) is 0 Å². The predicted octanol–water partition coefficient (Wildman–Crippen LogP) is 5.67. The molecule has 0 amide bonds. The Labute approximate surface area is 184 Å². The number of hydrogen-bond acceptors (Lipinski definition) is 5. The van der Waals surface area contributed by atoms with Crippen LogP contribution in [0.2, 0.25) is 5.02 Å². The number of nitrogens with one attached hydrogen (secondary N) is 1. The SMILES string of the molecule is Cl.Cl.O=c1cc(-c2ccccc2)c2cc(Cl)c(O)c(CNc3cccnc3)c2o1. The molecule has 2 aromatic heterocycles. The van der Waals surface area contributed by atoms with Crippen LogP contribution in [0.3, 0.4) is 0 Å². The van der Waals surface area contributed by atoms with E-state index in [9.17, 15) is 9.90 Å². The van der Waals surface area contributed by atoms with Gasteiger partial charge in [0.25, 0.3) is 0 Å². The average molecular weight is 452 g/mol. The molecule has 0 unspecified atom stereocenters. The summed E-state index contributed by atoms with van der Waals surface area (Å²) in [6.45, 7) is 0.218. The van der Waals surface area contributed by atoms with Gasteiger partial charge in [0, 0.05) is 30.4 Å². The van der Waals surface area contributed by atoms with E-state index in [0.29, 0.717) is 22.1 Å². The predicted molar refractivity (Wildman–Crippen MR) is 121 cm³/mol. The van der Waals surface area contributed by atoms with Gasteiger partial charge in [-0.25, -0.2) is 4.79 Å². The fraction of sp³-hybridized carbons (Fsp3) is 0.0476. The molecule has 0 saturated carbocycles. The second-order valence-electron chi connectivity index (χ2n) is 6.00. The number of aromatic nitrogens is 1. The number of benzene rings is 2. The number of pyridine rings is 1. The maximum atomic E-state index is 12.2. The van der Waals surface area contributed by atoms with Crippen LogP contribution >= 0.6 is 36.4 Å². The molecule has 0 bridgehead atoms. The summed E-state index contributed by atoms with van der Waals surface area (Å²) in [6.07, 6.45) is 3.33. The molecule has 8 heteroatoms. The van der Waals surface area contributed by atoms with Gasteiger partial charge in [0.05, 0.1) is 16.3 Å². The van der Waals surface area contributed by atoms with E-state index in [1.165, 1.54) is 6.07 Å². The second kappa shape index (κ2) is 9.65. The lowest BCUT2D eigenvalue weighted by Gasteiger charge is -2.13. The fourth-order valence-electron chi connectivity index (χ4n) is 3.00. The molecule has 0 atom stereocenters. The Bertz CT molecular complexity index is 1170. The zero-order chi connectivity index (χ0) is 18.8. The van der Waals surface area contributed by atoms with Crippen LogP contribution < -0.4 is 10.9 Å². The van der Waals surface area contributed by atoms with Gasteiger partial charge in [-0.05, 0) is 29.3 Å². The first-order valence-electron chi connectivity index (χ1n) is 8.31. The van der Waals surface area contributed by atoms with Crippen molar-refractivity contribution in [2.75, 3.05) is 5.32 Å². The number of anilines is 1. The number of nitrogens with zero attached hydrogens (tertiary/aromatic N) is 1. The summed E-state index contributed by atoms with van der Waals surface area (Å²) in [5, 5.41) is 14.5. The van der Waals surface area contributed by atoms with Gasteiger partial charge < -0.3 is 14.8 Å². The Morgan fingerprint density at radius 2 is 1.83 bits per heavy atom. The number of hydrogen-bond donors (Lipinski definition) is 2. The van der Waals surface area contributed by atoms with Crippen molar-refractivity contribution in [2.45, 2.75) is 6.54 Å². The molecule has 0 aliphatic heterocycles. The highest BCUT2D eigenvalue weighted by Gasteiger charge is 2.18. The van der Waals surface area contributed by atoms with E-state index in [0.717, 1.165) is 11.3 Å². The molecule has 4 aromatic rings. The molecule has 0 spiro atoms. The Hall–Kier alpha value is -2.73. The first-order valence-corrected chi connectivity index (χ1v) is 8.69. The smallest absolute Gasteiger partial charge is 0.336 e. The van der Waals surface area contributed by atoms with Gasteiger partial charge in [0.1, 0.15) is 11.3 Å². The molecule has 0 saturated heterocycles. The second-order valence-corrected chi connectivity index (χ2v) is 6.41. The third-order valence-electron chi connectivity index (χ3n) is 4.27. The quantitative estimate of drug-likeness (QED) is 0.391. The van der Waals surface area contributed by atoms with Crippen LogP contribution in [0.4, 0.5) is 5.69 Å². The maximum absolute atomic E-state index is 12.2. The average Bonchev–Trinajstić information content (AvgIpc) is 2.70. The molecule has 2 aromatic carbocycles. The van der Waals surface area contributed by atoms with Crippen molar-refractivity contribution in [1.29, 1.82) is 0 Å². The largest absolute Gasteiger partial charge is 0.506 e. The molecule has 29 heavy (non-hydrogen) atoms. The van der Waals surface area contributed by atoms with Crippen molar-refractivity contribution in [3.8, 4) is 16.9 Å². The number of halogens is 3. The Balaban J connectivity index is 0.00000150. The summed E-state index contributed by atoms with van der Waals surface area (Å²) in [5.41, 5.74) is 2.56. The molecule has 4 rings (SSSR count). The van der Waals surface area contributed by atoms with Gasteiger partial charge in [0.15, 0.2) is 0 Å². The van der Waals surface area contributed by atoms with Crippen molar-refractivity contribution < 1.29 is 9.52 Å². The van der Waals surface area contributed by atoms with Gasteiger partial charge in [-0.15, -0.1) is 24.8 Å². The van der Waals surface area contributed by atoms with Gasteiger partial charge >= 0.3 is 5.63 Å². The Kier molecular flexibility index (Phi) is 7.51. The van der Waals surface area contributed by atoms with E-state index in [2.05, 4.69) is 10.3 Å². The highest BCUT2D eigenvalue weighted by molar-refractivity contribution is 6.33. The van der Waals surface area contributed by atoms with E-state index in [1.807, 2.05) is 36.4 Å². The summed E-state index contributed by atoms with van der Waals surface area (Å²) in [6, 6.07) is 16.2. The third-order valence-corrected chi connectivity index (χ3v) is 4.56. The van der Waals surface area contributed by atoms with E-state index >= 15 is 0 Å². The number of aromatic hydroxyl groups is 1. The minimum absolute atomic E-state index is 0. The summed E-state index contributed by atoms with van der Waals surface area (Å²) in [4.78, 5) is 16.2. The lowest BCUT2D eigenvalue weighted by Crippen LogP contribution is -2.05. The molecule has 5 nitrogen and oxygen atoms in total. The molecule has 0 fully saturated rings. The molecular weight excluding hydrogens is 435 g/mol. The van der Waals surface area contributed by atoms with E-state index in [4.69, 9.17) is 16.0 Å². The zero-order valence-corrected chi connectivity index (χ0v) is 17.4. The van der Waals surface area contributed by atoms with Gasteiger partial charge in [-0.1, -0.05) is 41.9 Å². The normalized spacial score (nSPS) is 10.1. The molecule has 150 valence electrons. The van der Waals surface area contributed by atoms with Crippen LogP contribution in [-0.4, -0.2) is 10.1 Å². The van der Waals surface area contributed by atoms with E-state index in [1.54, 1.807) is 24.5 Å². The van der Waals surface area contributed by atoms with Gasteiger partial charge in [-0.3, -0.25) is 4.98 Å². The maximum Gasteiger partial charge on any atom is 0.336 e. The van der Waals surface area contributed by atoms with E-state index in [-0.39, 0.29) is 42.1 Å². The summed E-state index contributed by atoms with van der Waals surface area (Å²) in [5.74, 6) is -0.117. The number of fused-ring (bicyclic) bond motifs is 1. The number of phenols is 1. The van der Waals surface area contributed by atoms with Crippen LogP contribution in [-0.2, 0) is 6.54 Å². The zero-order valence-electron chi connectivity index (χ0n) is 15.0. The first-order chi connectivity index (χ1) is 13.1. The van der Waals surface area contributed by atoms with Crippen LogP contribution in [0.1, 0.15) is 5.56 Å². The first kappa shape index (κ1) is 22.6. The van der Waals surface area contributed by atoms with Crippen molar-refractivity contribution in [1.82, 2.24) is 4.98 Å². The summed E-state index contributed by atoms with van der Waals surface area (Å²) in [7, 11) is 0. The minimum atomic E-state index is -0.495. The third kappa shape index (κ3) is 4.65. The van der Waals surface area contributed by atoms with Crippen LogP contribution in [0.5, 0.6) is 5.75 Å². The van der Waals surface area contributed by atoms with Crippen LogP contribution in [0.25, 0.3) is 22.1 Å². The highest BCUT2D eigenvalue weighted by Crippen LogP contribution is 2.38. The Morgan fingerprint density at radius 3 is 2.52 bits per heavy atom. The number of phenolic OH excluding ortho intramolecular Hbond substituents is 1. The van der Waals surface area contributed by atoms with Crippen molar-refractivity contribution >= 4 is 53.1 Å². The summed E-state index contributed by atoms with van der Waals surface area (Å²) < 4.78 is 5.45. The highest BCUT2D eigenvalue weighted by atomic mass is 35.5. The topological polar surface area (TPSA) is 75.4 Å². The monoisotopic (exact) mass is 450 g/mol. The molecule has 0 aliphatic carbocycles. The lowest BCUT2D eigenvalue weighted by atomic mass is 9.99. The number of rotatable bonds is 4. The van der Waals surface area contributed by atoms with Crippen molar-refractivity contribution in [3.63, 3.8) is 0 Å². The molecule has 2 N–H and O–H groups in total. The fourth-order valence-corrected chi connectivity index (χ4v) is 3.22. The minimum Gasteiger partial charge on any atom is -0.506 e. The Morgan fingerprint density at radius 1 is 1.07 bits per heavy atom. The molecule has 0 aliphatic rings. The molecular formula is C21H17Cl3N2O3. The lowest BCUT2D eigenvalue weighted by molar-refractivity contribution is 0.466. The molecule has 2 heterocycles.